The molecule has 0 aromatic rings. The maximum atomic E-state index is 13.0. The third-order valence-electron chi connectivity index (χ3n) is 2.14. The molecule has 74 valence electrons. The van der Waals surface area contributed by atoms with E-state index in [1.807, 2.05) is 0 Å². The van der Waals surface area contributed by atoms with Crippen molar-refractivity contribution in [1.82, 2.24) is 0 Å². The van der Waals surface area contributed by atoms with Crippen molar-refractivity contribution in [3.8, 4) is 6.07 Å². The monoisotopic (exact) mass is 209 g/mol. The van der Waals surface area contributed by atoms with E-state index in [1.54, 1.807) is 6.07 Å². The van der Waals surface area contributed by atoms with Gasteiger partial charge in [-0.05, 0) is 0 Å². The molecule has 0 spiro atoms. The van der Waals surface area contributed by atoms with Crippen LogP contribution in [0.15, 0.2) is 0 Å². The summed E-state index contributed by atoms with van der Waals surface area (Å²) in [6.45, 7) is 0. The zero-order chi connectivity index (χ0) is 10.1. The molecule has 0 saturated carbocycles. The van der Waals surface area contributed by atoms with Gasteiger partial charge >= 0.3 is 0 Å². The van der Waals surface area contributed by atoms with Gasteiger partial charge in [0.15, 0.2) is 9.84 Å². The van der Waals surface area contributed by atoms with Crippen LogP contribution in [0.5, 0.6) is 0 Å². The van der Waals surface area contributed by atoms with Gasteiger partial charge in [-0.2, -0.15) is 5.26 Å². The second-order valence-corrected chi connectivity index (χ2v) is 5.41. The minimum absolute atomic E-state index is 0.397. The Morgan fingerprint density at radius 3 is 2.69 bits per heavy atom. The lowest BCUT2D eigenvalue weighted by Gasteiger charge is -2.29. The minimum atomic E-state index is -3.36. The lowest BCUT2D eigenvalue weighted by Crippen LogP contribution is -2.41. The van der Waals surface area contributed by atoms with Gasteiger partial charge in [-0.25, -0.2) is 17.2 Å². The van der Waals surface area contributed by atoms with Gasteiger partial charge in [0.25, 0.3) is 5.92 Å². The smallest absolute Gasteiger partial charge is 0.229 e. The Balaban J connectivity index is 2.83. The molecule has 1 aliphatic rings. The van der Waals surface area contributed by atoms with E-state index in [-0.39, 0.29) is 0 Å². The predicted molar refractivity (Wildman–Crippen MR) is 41.9 cm³/mol. The third-order valence-corrected chi connectivity index (χ3v) is 3.87. The second-order valence-electron chi connectivity index (χ2n) is 3.18. The summed E-state index contributed by atoms with van der Waals surface area (Å²) in [5.74, 6) is -5.35. The number of rotatable bonds is 1. The Kier molecular flexibility index (Phi) is 2.57. The van der Waals surface area contributed by atoms with Crippen LogP contribution in [-0.2, 0) is 9.84 Å². The molecule has 1 rings (SSSR count). The quantitative estimate of drug-likeness (QED) is 0.646. The van der Waals surface area contributed by atoms with Gasteiger partial charge in [0.05, 0.1) is 17.6 Å². The number of hydrogen-bond acceptors (Lipinski definition) is 3. The van der Waals surface area contributed by atoms with Crippen LogP contribution in [0, 0.1) is 17.2 Å². The Morgan fingerprint density at radius 1 is 1.54 bits per heavy atom. The van der Waals surface area contributed by atoms with Gasteiger partial charge in [0.2, 0.25) is 0 Å². The molecular weight excluding hydrogens is 200 g/mol. The molecule has 0 bridgehead atoms. The zero-order valence-corrected chi connectivity index (χ0v) is 7.65. The fourth-order valence-corrected chi connectivity index (χ4v) is 3.05. The molecule has 13 heavy (non-hydrogen) atoms. The van der Waals surface area contributed by atoms with E-state index in [4.69, 9.17) is 5.26 Å². The molecule has 0 aromatic heterocycles. The van der Waals surface area contributed by atoms with Crippen molar-refractivity contribution < 1.29 is 17.2 Å². The van der Waals surface area contributed by atoms with E-state index in [1.165, 1.54) is 0 Å². The number of sulfone groups is 1. The van der Waals surface area contributed by atoms with Gasteiger partial charge in [0.1, 0.15) is 0 Å². The third kappa shape index (κ3) is 2.37. The normalized spacial score (nSPS) is 30.7. The highest BCUT2D eigenvalue weighted by Crippen LogP contribution is 2.36. The molecule has 0 aliphatic carbocycles. The van der Waals surface area contributed by atoms with Crippen molar-refractivity contribution >= 4 is 9.84 Å². The van der Waals surface area contributed by atoms with Crippen LogP contribution < -0.4 is 0 Å². The fourth-order valence-electron chi connectivity index (χ4n) is 1.33. The molecule has 1 fully saturated rings. The molecular formula is C7H9F2NO2S. The Labute approximate surface area is 75.3 Å². The molecule has 0 radical (unpaired) electrons. The molecule has 0 N–H and O–H groups in total. The van der Waals surface area contributed by atoms with Gasteiger partial charge in [-0.1, -0.05) is 0 Å². The Morgan fingerprint density at radius 2 is 2.15 bits per heavy atom. The maximum Gasteiger partial charge on any atom is 0.253 e. The van der Waals surface area contributed by atoms with E-state index in [2.05, 4.69) is 0 Å². The molecule has 1 unspecified atom stereocenters. The van der Waals surface area contributed by atoms with Crippen LogP contribution >= 0.6 is 0 Å². The number of nitriles is 1. The molecule has 0 amide bonds. The summed E-state index contributed by atoms with van der Waals surface area (Å²) in [4.78, 5) is 0. The molecule has 1 saturated heterocycles. The number of hydrogen-bond donors (Lipinski definition) is 0. The van der Waals surface area contributed by atoms with E-state index >= 15 is 0 Å². The summed E-state index contributed by atoms with van der Waals surface area (Å²) in [7, 11) is -3.36. The van der Waals surface area contributed by atoms with Crippen molar-refractivity contribution in [3.63, 3.8) is 0 Å². The highest BCUT2D eigenvalue weighted by molar-refractivity contribution is 7.91. The number of alkyl halides is 2. The first-order valence-corrected chi connectivity index (χ1v) is 5.65. The predicted octanol–water partition coefficient (Wildman–Crippen LogP) is 0.970. The zero-order valence-electron chi connectivity index (χ0n) is 6.83. The van der Waals surface area contributed by atoms with Crippen LogP contribution in [0.3, 0.4) is 0 Å². The van der Waals surface area contributed by atoms with Crippen LogP contribution in [0.25, 0.3) is 0 Å². The standard InChI is InChI=1S/C7H9F2NO2S/c8-7(9)2-4-13(11,12)5-6(7)1-3-10/h6H,1-2,4-5H2. The van der Waals surface area contributed by atoms with Gasteiger partial charge in [-0.3, -0.25) is 0 Å². The molecule has 1 heterocycles. The molecule has 1 aliphatic heterocycles. The highest BCUT2D eigenvalue weighted by Gasteiger charge is 2.46. The van der Waals surface area contributed by atoms with Gasteiger partial charge in [-0.15, -0.1) is 0 Å². The number of halogens is 2. The van der Waals surface area contributed by atoms with Crippen LogP contribution in [-0.4, -0.2) is 25.8 Å². The first-order chi connectivity index (χ1) is 5.87. The average molecular weight is 209 g/mol. The molecule has 1 atom stereocenters. The summed E-state index contributed by atoms with van der Waals surface area (Å²) >= 11 is 0. The summed E-state index contributed by atoms with van der Waals surface area (Å²) in [6.07, 6.45) is -1.05. The number of nitrogens with zero attached hydrogens (tertiary/aromatic N) is 1. The van der Waals surface area contributed by atoms with Crippen molar-refractivity contribution in [2.75, 3.05) is 11.5 Å². The minimum Gasteiger partial charge on any atom is -0.229 e. The summed E-state index contributed by atoms with van der Waals surface area (Å²) < 4.78 is 47.9. The first-order valence-electron chi connectivity index (χ1n) is 3.82. The van der Waals surface area contributed by atoms with Crippen LogP contribution in [0.1, 0.15) is 12.8 Å². The molecule has 3 nitrogen and oxygen atoms in total. The van der Waals surface area contributed by atoms with Crippen molar-refractivity contribution in [2.24, 2.45) is 5.92 Å². The molecule has 6 heteroatoms. The lowest BCUT2D eigenvalue weighted by atomic mass is 9.98. The first kappa shape index (κ1) is 10.4. The van der Waals surface area contributed by atoms with E-state index < -0.39 is 46.0 Å². The average Bonchev–Trinajstić information content (AvgIpc) is 1.99. The van der Waals surface area contributed by atoms with Crippen molar-refractivity contribution in [1.29, 1.82) is 5.26 Å². The molecule has 0 aromatic carbocycles. The van der Waals surface area contributed by atoms with E-state index in [0.717, 1.165) is 0 Å². The summed E-state index contributed by atoms with van der Waals surface area (Å²) in [5.41, 5.74) is 0. The van der Waals surface area contributed by atoms with Crippen LogP contribution in [0.4, 0.5) is 8.78 Å². The topological polar surface area (TPSA) is 57.9 Å². The summed E-state index contributed by atoms with van der Waals surface area (Å²) in [6, 6.07) is 1.59. The Hall–Kier alpha value is -0.700. The highest BCUT2D eigenvalue weighted by atomic mass is 32.2. The van der Waals surface area contributed by atoms with Crippen molar-refractivity contribution in [3.05, 3.63) is 0 Å². The van der Waals surface area contributed by atoms with E-state index in [0.29, 0.717) is 0 Å². The van der Waals surface area contributed by atoms with Crippen LogP contribution in [0.2, 0.25) is 0 Å². The second kappa shape index (κ2) is 3.22. The van der Waals surface area contributed by atoms with E-state index in [9.17, 15) is 17.2 Å². The summed E-state index contributed by atoms with van der Waals surface area (Å²) in [5, 5.41) is 8.24. The van der Waals surface area contributed by atoms with Gasteiger partial charge in [0, 0.05) is 18.8 Å². The van der Waals surface area contributed by atoms with Gasteiger partial charge < -0.3 is 0 Å². The maximum absolute atomic E-state index is 13.0. The largest absolute Gasteiger partial charge is 0.253 e. The lowest BCUT2D eigenvalue weighted by molar-refractivity contribution is -0.0547. The fraction of sp³-hybridized carbons (Fsp3) is 0.857. The Bertz CT molecular complexity index is 331. The SMILES string of the molecule is N#CCC1CS(=O)(=O)CCC1(F)F. The van der Waals surface area contributed by atoms with Crippen molar-refractivity contribution in [2.45, 2.75) is 18.8 Å².